The highest BCUT2D eigenvalue weighted by Crippen LogP contribution is 2.21. The van der Waals surface area contributed by atoms with E-state index in [1.54, 1.807) is 10.8 Å². The van der Waals surface area contributed by atoms with Gasteiger partial charge in [-0.2, -0.15) is 0 Å². The van der Waals surface area contributed by atoms with Crippen molar-refractivity contribution in [2.45, 2.75) is 44.5 Å². The number of hydrogen-bond acceptors (Lipinski definition) is 5. The van der Waals surface area contributed by atoms with E-state index < -0.39 is 9.84 Å². The maximum atomic E-state index is 12.9. The van der Waals surface area contributed by atoms with Crippen molar-refractivity contribution in [3.8, 4) is 5.69 Å². The van der Waals surface area contributed by atoms with Gasteiger partial charge in [-0.25, -0.2) is 18.4 Å². The third kappa shape index (κ3) is 4.40. The van der Waals surface area contributed by atoms with Crippen LogP contribution in [-0.4, -0.2) is 23.0 Å². The van der Waals surface area contributed by atoms with Gasteiger partial charge in [0, 0.05) is 23.5 Å². The van der Waals surface area contributed by atoms with Gasteiger partial charge in [0.15, 0.2) is 0 Å². The standard InChI is InChI=1S/C19H23N3O2S2/c1-14(2)7-8-18-21-16(12-25-18)13-26(23,24)19-20-9-10-22(19)17-6-4-5-15(3)11-17/h4-6,9-12,14H,7-8,13H2,1-3H3. The third-order valence-electron chi connectivity index (χ3n) is 4.04. The Morgan fingerprint density at radius 1 is 1.27 bits per heavy atom. The van der Waals surface area contributed by atoms with Crippen LogP contribution in [0.15, 0.2) is 47.2 Å². The van der Waals surface area contributed by atoms with Crippen LogP contribution in [0.5, 0.6) is 0 Å². The fourth-order valence-corrected chi connectivity index (χ4v) is 4.97. The molecule has 0 saturated heterocycles. The largest absolute Gasteiger partial charge is 0.291 e. The van der Waals surface area contributed by atoms with Gasteiger partial charge in [-0.15, -0.1) is 11.3 Å². The average Bonchev–Trinajstić information content (AvgIpc) is 3.22. The molecule has 0 amide bonds. The van der Waals surface area contributed by atoms with E-state index in [4.69, 9.17) is 0 Å². The van der Waals surface area contributed by atoms with Gasteiger partial charge in [-0.05, 0) is 43.4 Å². The highest BCUT2D eigenvalue weighted by Gasteiger charge is 2.23. The fourth-order valence-electron chi connectivity index (χ4n) is 2.70. The van der Waals surface area contributed by atoms with Gasteiger partial charge in [0.2, 0.25) is 15.0 Å². The van der Waals surface area contributed by atoms with Gasteiger partial charge in [0.05, 0.1) is 10.7 Å². The first-order valence-corrected chi connectivity index (χ1v) is 11.1. The van der Waals surface area contributed by atoms with E-state index in [9.17, 15) is 8.42 Å². The van der Waals surface area contributed by atoms with Crippen LogP contribution in [-0.2, 0) is 22.0 Å². The summed E-state index contributed by atoms with van der Waals surface area (Å²) in [5.41, 5.74) is 2.44. The predicted octanol–water partition coefficient (Wildman–Crippen LogP) is 4.20. The van der Waals surface area contributed by atoms with Crippen molar-refractivity contribution in [2.24, 2.45) is 5.92 Å². The Morgan fingerprint density at radius 2 is 2.08 bits per heavy atom. The molecule has 7 heteroatoms. The van der Waals surface area contributed by atoms with Crippen LogP contribution in [0.1, 0.15) is 36.5 Å². The topological polar surface area (TPSA) is 64.8 Å². The first-order chi connectivity index (χ1) is 12.3. The summed E-state index contributed by atoms with van der Waals surface area (Å²) in [5.74, 6) is 0.474. The van der Waals surface area contributed by atoms with Gasteiger partial charge in [0.25, 0.3) is 0 Å². The molecule has 0 aliphatic heterocycles. The molecule has 0 saturated carbocycles. The van der Waals surface area contributed by atoms with Gasteiger partial charge in [-0.1, -0.05) is 26.0 Å². The second-order valence-corrected chi connectivity index (χ2v) is 9.67. The lowest BCUT2D eigenvalue weighted by Crippen LogP contribution is -2.12. The zero-order valence-electron chi connectivity index (χ0n) is 15.2. The van der Waals surface area contributed by atoms with Crippen molar-refractivity contribution in [3.63, 3.8) is 0 Å². The molecule has 26 heavy (non-hydrogen) atoms. The van der Waals surface area contributed by atoms with E-state index in [1.807, 2.05) is 36.6 Å². The van der Waals surface area contributed by atoms with Crippen LogP contribution in [0.4, 0.5) is 0 Å². The van der Waals surface area contributed by atoms with E-state index in [-0.39, 0.29) is 10.9 Å². The molecule has 0 aliphatic rings. The first kappa shape index (κ1) is 18.8. The van der Waals surface area contributed by atoms with E-state index in [2.05, 4.69) is 23.8 Å². The Labute approximate surface area is 158 Å². The number of rotatable bonds is 7. The second-order valence-electron chi connectivity index (χ2n) is 6.84. The van der Waals surface area contributed by atoms with Crippen LogP contribution >= 0.6 is 11.3 Å². The van der Waals surface area contributed by atoms with Crippen LogP contribution in [0, 0.1) is 12.8 Å². The lowest BCUT2D eigenvalue weighted by molar-refractivity contribution is 0.580. The summed E-state index contributed by atoms with van der Waals surface area (Å²) in [5, 5.41) is 2.89. The van der Waals surface area contributed by atoms with E-state index in [0.717, 1.165) is 29.1 Å². The second kappa shape index (κ2) is 7.72. The lowest BCUT2D eigenvalue weighted by atomic mass is 10.1. The summed E-state index contributed by atoms with van der Waals surface area (Å²) < 4.78 is 27.4. The number of thiazole rings is 1. The lowest BCUT2D eigenvalue weighted by Gasteiger charge is -2.08. The van der Waals surface area contributed by atoms with Crippen molar-refractivity contribution >= 4 is 21.2 Å². The Kier molecular flexibility index (Phi) is 5.58. The van der Waals surface area contributed by atoms with Gasteiger partial charge >= 0.3 is 0 Å². The molecule has 3 rings (SSSR count). The molecule has 5 nitrogen and oxygen atoms in total. The summed E-state index contributed by atoms with van der Waals surface area (Å²) in [6.07, 6.45) is 5.14. The minimum Gasteiger partial charge on any atom is -0.291 e. The number of aryl methyl sites for hydroxylation is 2. The molecule has 2 heterocycles. The third-order valence-corrected chi connectivity index (χ3v) is 6.53. The molecule has 0 atom stereocenters. The van der Waals surface area contributed by atoms with Gasteiger partial charge in [0.1, 0.15) is 5.75 Å². The van der Waals surface area contributed by atoms with Crippen molar-refractivity contribution in [1.82, 2.24) is 14.5 Å². The molecule has 0 radical (unpaired) electrons. The molecule has 0 bridgehead atoms. The van der Waals surface area contributed by atoms with E-state index in [0.29, 0.717) is 11.6 Å². The molecular formula is C19H23N3O2S2. The molecule has 0 aliphatic carbocycles. The molecule has 138 valence electrons. The van der Waals surface area contributed by atoms with Crippen LogP contribution in [0.25, 0.3) is 5.69 Å². The molecule has 0 spiro atoms. The molecule has 3 aromatic rings. The minimum atomic E-state index is -3.58. The number of aromatic nitrogens is 3. The molecule has 2 aromatic heterocycles. The average molecular weight is 390 g/mol. The normalized spacial score (nSPS) is 12.0. The molecule has 0 N–H and O–H groups in total. The maximum Gasteiger partial charge on any atom is 0.232 e. The Balaban J connectivity index is 1.83. The summed E-state index contributed by atoms with van der Waals surface area (Å²) in [6, 6.07) is 7.69. The van der Waals surface area contributed by atoms with E-state index in [1.165, 1.54) is 17.5 Å². The SMILES string of the molecule is Cc1cccc(-n2ccnc2S(=O)(=O)Cc2csc(CCC(C)C)n2)c1. The summed E-state index contributed by atoms with van der Waals surface area (Å²) in [7, 11) is -3.58. The van der Waals surface area contributed by atoms with Crippen LogP contribution < -0.4 is 0 Å². The van der Waals surface area contributed by atoms with Crippen molar-refractivity contribution in [2.75, 3.05) is 0 Å². The predicted molar refractivity (Wildman–Crippen MR) is 104 cm³/mol. The number of hydrogen-bond donors (Lipinski definition) is 0. The van der Waals surface area contributed by atoms with Crippen molar-refractivity contribution < 1.29 is 8.42 Å². The quantitative estimate of drug-likeness (QED) is 0.607. The van der Waals surface area contributed by atoms with Crippen LogP contribution in [0.3, 0.4) is 0 Å². The van der Waals surface area contributed by atoms with Crippen molar-refractivity contribution in [1.29, 1.82) is 0 Å². The summed E-state index contributed by atoms with van der Waals surface area (Å²) in [4.78, 5) is 8.60. The number of benzene rings is 1. The Hall–Kier alpha value is -1.99. The number of sulfone groups is 1. The van der Waals surface area contributed by atoms with Gasteiger partial charge < -0.3 is 0 Å². The first-order valence-electron chi connectivity index (χ1n) is 8.61. The van der Waals surface area contributed by atoms with Crippen molar-refractivity contribution in [3.05, 3.63) is 58.3 Å². The van der Waals surface area contributed by atoms with Crippen LogP contribution in [0.2, 0.25) is 0 Å². The highest BCUT2D eigenvalue weighted by atomic mass is 32.2. The fraction of sp³-hybridized carbons (Fsp3) is 0.368. The highest BCUT2D eigenvalue weighted by molar-refractivity contribution is 7.90. The smallest absolute Gasteiger partial charge is 0.232 e. The number of imidazole rings is 1. The minimum absolute atomic E-state index is 0.0554. The monoisotopic (exact) mass is 389 g/mol. The molecule has 0 fully saturated rings. The van der Waals surface area contributed by atoms with E-state index >= 15 is 0 Å². The Morgan fingerprint density at radius 3 is 2.81 bits per heavy atom. The maximum absolute atomic E-state index is 12.9. The summed E-state index contributed by atoms with van der Waals surface area (Å²) in [6.45, 7) is 6.32. The molecule has 0 unspecified atom stereocenters. The van der Waals surface area contributed by atoms with Gasteiger partial charge in [-0.3, -0.25) is 4.57 Å². The number of nitrogens with zero attached hydrogens (tertiary/aromatic N) is 3. The zero-order valence-corrected chi connectivity index (χ0v) is 16.8. The molecular weight excluding hydrogens is 366 g/mol. The summed E-state index contributed by atoms with van der Waals surface area (Å²) >= 11 is 1.53. The Bertz CT molecular complexity index is 988. The molecule has 1 aromatic carbocycles. The zero-order chi connectivity index (χ0) is 18.7.